The van der Waals surface area contributed by atoms with Gasteiger partial charge in [0.15, 0.2) is 0 Å². The third-order valence-corrected chi connectivity index (χ3v) is 11.8. The van der Waals surface area contributed by atoms with Crippen molar-refractivity contribution in [2.45, 2.75) is 111 Å². The summed E-state index contributed by atoms with van der Waals surface area (Å²) < 4.78 is 11.2. The number of rotatable bonds is 7. The van der Waals surface area contributed by atoms with Crippen molar-refractivity contribution < 1.29 is 14.3 Å². The highest BCUT2D eigenvalue weighted by atomic mass is 35.5. The molecule has 0 spiro atoms. The smallest absolute Gasteiger partial charge is 0.430 e. The minimum atomic E-state index is -0.622. The number of carbonyl (C=O) groups is 1. The topological polar surface area (TPSA) is 35.5 Å². The van der Waals surface area contributed by atoms with Crippen molar-refractivity contribution in [2.24, 2.45) is 46.3 Å². The van der Waals surface area contributed by atoms with Crippen LogP contribution >= 0.6 is 11.6 Å². The molecule has 3 fully saturated rings. The molecule has 0 heterocycles. The molecule has 4 heteroatoms. The second-order valence-corrected chi connectivity index (χ2v) is 14.5. The van der Waals surface area contributed by atoms with Crippen LogP contribution in [0, 0.1) is 46.3 Å². The third-order valence-electron chi connectivity index (χ3n) is 11.5. The molecule has 0 radical (unpaired) electrons. The van der Waals surface area contributed by atoms with Gasteiger partial charge in [0.25, 0.3) is 0 Å². The van der Waals surface area contributed by atoms with E-state index in [1.54, 1.807) is 24.3 Å². The first-order valence-electron chi connectivity index (χ1n) is 15.4. The Kier molecular flexibility index (Phi) is 8.26. The summed E-state index contributed by atoms with van der Waals surface area (Å²) in [5, 5.41) is 0.545. The van der Waals surface area contributed by atoms with E-state index in [2.05, 4.69) is 40.7 Å². The lowest BCUT2D eigenvalue weighted by atomic mass is 9.47. The predicted octanol–water partition coefficient (Wildman–Crippen LogP) is 10.3. The SMILES string of the molecule is CC(C)CCC[C@@H](C)[C@@H]1CC[C@H]2[C@H]3CC=C4C[C@@H](OC(=O)Oc5cccc(Cl)c5)CC[C@]4(C)[C@H]3CC[C@@]21C. The Morgan fingerprint density at radius 3 is 2.63 bits per heavy atom. The Balaban J connectivity index is 1.22. The van der Waals surface area contributed by atoms with Gasteiger partial charge in [0.05, 0.1) is 0 Å². The summed E-state index contributed by atoms with van der Waals surface area (Å²) in [4.78, 5) is 12.5. The standard InChI is InChI=1S/C34H49ClO3/c1-22(2)8-6-9-23(3)29-14-15-30-28-13-12-24-20-27(38-32(36)37-26-11-7-10-25(35)21-26)16-18-33(24,4)31(28)17-19-34(29,30)5/h7,10-12,21-23,27-31H,6,8-9,13-20H2,1-5H3/t23-,27+,28-,29+,30+,31+,33+,34-/m1/s1. The lowest BCUT2D eigenvalue weighted by Crippen LogP contribution is -2.51. The van der Waals surface area contributed by atoms with Crippen LogP contribution in [0.2, 0.25) is 5.02 Å². The first-order chi connectivity index (χ1) is 18.1. The first-order valence-corrected chi connectivity index (χ1v) is 15.8. The minimum absolute atomic E-state index is 0.103. The second kappa shape index (κ2) is 11.2. The normalized spacial score (nSPS) is 37.0. The maximum absolute atomic E-state index is 12.5. The van der Waals surface area contributed by atoms with Crippen LogP contribution in [0.3, 0.4) is 0 Å². The van der Waals surface area contributed by atoms with E-state index >= 15 is 0 Å². The molecule has 5 rings (SSSR count). The van der Waals surface area contributed by atoms with Crippen molar-refractivity contribution in [3.8, 4) is 5.75 Å². The molecule has 4 aliphatic rings. The lowest BCUT2D eigenvalue weighted by molar-refractivity contribution is -0.0597. The van der Waals surface area contributed by atoms with Crippen molar-refractivity contribution >= 4 is 17.8 Å². The zero-order valence-corrected chi connectivity index (χ0v) is 25.1. The molecule has 4 aliphatic carbocycles. The van der Waals surface area contributed by atoms with Crippen molar-refractivity contribution in [3.05, 3.63) is 40.9 Å². The van der Waals surface area contributed by atoms with E-state index in [-0.39, 0.29) is 11.5 Å². The zero-order chi connectivity index (χ0) is 27.1. The van der Waals surface area contributed by atoms with E-state index in [1.807, 2.05) is 0 Å². The van der Waals surface area contributed by atoms with Crippen LogP contribution in [0.1, 0.15) is 105 Å². The van der Waals surface area contributed by atoms with Crippen molar-refractivity contribution in [3.63, 3.8) is 0 Å². The quantitative estimate of drug-likeness (QED) is 0.196. The third kappa shape index (κ3) is 5.43. The molecular weight excluding hydrogens is 492 g/mol. The molecule has 0 aromatic heterocycles. The molecule has 0 bridgehead atoms. The summed E-state index contributed by atoms with van der Waals surface area (Å²) in [7, 11) is 0. The van der Waals surface area contributed by atoms with E-state index < -0.39 is 6.16 Å². The zero-order valence-electron chi connectivity index (χ0n) is 24.3. The fourth-order valence-corrected chi connectivity index (χ4v) is 9.72. The van der Waals surface area contributed by atoms with Gasteiger partial charge in [-0.05, 0) is 109 Å². The largest absolute Gasteiger partial charge is 0.514 e. The molecule has 3 nitrogen and oxygen atoms in total. The fraction of sp³-hybridized carbons (Fsp3) is 0.735. The van der Waals surface area contributed by atoms with Gasteiger partial charge < -0.3 is 9.47 Å². The fourth-order valence-electron chi connectivity index (χ4n) is 9.54. The number of hydrogen-bond acceptors (Lipinski definition) is 3. The van der Waals surface area contributed by atoms with Gasteiger partial charge in [-0.3, -0.25) is 0 Å². The van der Waals surface area contributed by atoms with E-state index in [1.165, 1.54) is 56.9 Å². The number of allylic oxidation sites excluding steroid dienone is 1. The van der Waals surface area contributed by atoms with Crippen LogP contribution in [0.5, 0.6) is 5.75 Å². The Bertz CT molecular complexity index is 1030. The van der Waals surface area contributed by atoms with Gasteiger partial charge in [-0.15, -0.1) is 0 Å². The Hall–Kier alpha value is -1.48. The summed E-state index contributed by atoms with van der Waals surface area (Å²) in [6.07, 6.45) is 15.7. The Labute approximate surface area is 236 Å². The van der Waals surface area contributed by atoms with Crippen molar-refractivity contribution in [1.29, 1.82) is 0 Å². The number of halogens is 1. The maximum atomic E-state index is 12.5. The predicted molar refractivity (Wildman–Crippen MR) is 155 cm³/mol. The minimum Gasteiger partial charge on any atom is -0.430 e. The van der Waals surface area contributed by atoms with Gasteiger partial charge in [0.1, 0.15) is 11.9 Å². The monoisotopic (exact) mass is 540 g/mol. The number of benzene rings is 1. The van der Waals surface area contributed by atoms with Crippen LogP contribution in [-0.4, -0.2) is 12.3 Å². The van der Waals surface area contributed by atoms with E-state index in [9.17, 15) is 4.79 Å². The van der Waals surface area contributed by atoms with Gasteiger partial charge in [-0.1, -0.05) is 83.2 Å². The summed E-state index contributed by atoms with van der Waals surface area (Å²) in [6.45, 7) is 12.5. The highest BCUT2D eigenvalue weighted by Crippen LogP contribution is 2.67. The molecule has 38 heavy (non-hydrogen) atoms. The molecule has 0 unspecified atom stereocenters. The Morgan fingerprint density at radius 2 is 1.87 bits per heavy atom. The first kappa shape index (κ1) is 28.1. The number of carbonyl (C=O) groups excluding carboxylic acids is 1. The second-order valence-electron chi connectivity index (χ2n) is 14.1. The molecule has 0 saturated heterocycles. The summed E-state index contributed by atoms with van der Waals surface area (Å²) in [6, 6.07) is 6.90. The molecule has 210 valence electrons. The van der Waals surface area contributed by atoms with Crippen LogP contribution in [0.25, 0.3) is 0 Å². The van der Waals surface area contributed by atoms with Gasteiger partial charge in [-0.25, -0.2) is 4.79 Å². The van der Waals surface area contributed by atoms with Gasteiger partial charge in [-0.2, -0.15) is 0 Å². The molecule has 1 aromatic rings. The number of ether oxygens (including phenoxy) is 2. The molecule has 0 amide bonds. The van der Waals surface area contributed by atoms with E-state index in [0.717, 1.165) is 54.8 Å². The van der Waals surface area contributed by atoms with Crippen LogP contribution < -0.4 is 4.74 Å². The van der Waals surface area contributed by atoms with E-state index in [0.29, 0.717) is 16.2 Å². The van der Waals surface area contributed by atoms with Gasteiger partial charge in [0, 0.05) is 11.4 Å². The average Bonchev–Trinajstić information content (AvgIpc) is 3.21. The van der Waals surface area contributed by atoms with Crippen molar-refractivity contribution in [2.75, 3.05) is 0 Å². The maximum Gasteiger partial charge on any atom is 0.514 e. The van der Waals surface area contributed by atoms with Crippen LogP contribution in [-0.2, 0) is 4.74 Å². The average molecular weight is 541 g/mol. The highest BCUT2D eigenvalue weighted by Gasteiger charge is 2.59. The summed E-state index contributed by atoms with van der Waals surface area (Å²) >= 11 is 6.02. The van der Waals surface area contributed by atoms with E-state index in [4.69, 9.17) is 21.1 Å². The molecular formula is C34H49ClO3. The molecule has 0 N–H and O–H groups in total. The van der Waals surface area contributed by atoms with Crippen molar-refractivity contribution in [1.82, 2.24) is 0 Å². The molecule has 0 aliphatic heterocycles. The van der Waals surface area contributed by atoms with Gasteiger partial charge >= 0.3 is 6.16 Å². The number of hydrogen-bond donors (Lipinski definition) is 0. The molecule has 3 saturated carbocycles. The van der Waals surface area contributed by atoms with Gasteiger partial charge in [0.2, 0.25) is 0 Å². The Morgan fingerprint density at radius 1 is 1.05 bits per heavy atom. The number of fused-ring (bicyclic) bond motifs is 5. The summed E-state index contributed by atoms with van der Waals surface area (Å²) in [5.74, 6) is 5.46. The molecule has 8 atom stereocenters. The summed E-state index contributed by atoms with van der Waals surface area (Å²) in [5.41, 5.74) is 2.30. The highest BCUT2D eigenvalue weighted by molar-refractivity contribution is 6.30. The van der Waals surface area contributed by atoms with Crippen LogP contribution in [0.15, 0.2) is 35.9 Å². The van der Waals surface area contributed by atoms with Crippen LogP contribution in [0.4, 0.5) is 4.79 Å². The lowest BCUT2D eigenvalue weighted by Gasteiger charge is -2.58. The molecule has 1 aromatic carbocycles.